The first-order chi connectivity index (χ1) is 8.25. The average Bonchev–Trinajstić information content (AvgIpc) is 2.91. The van der Waals surface area contributed by atoms with Gasteiger partial charge in [-0.1, -0.05) is 19.1 Å². The van der Waals surface area contributed by atoms with Gasteiger partial charge in [0.05, 0.1) is 0 Å². The van der Waals surface area contributed by atoms with Gasteiger partial charge in [0.2, 0.25) is 0 Å². The Morgan fingerprint density at radius 3 is 3.00 bits per heavy atom. The zero-order valence-corrected chi connectivity index (χ0v) is 10.9. The van der Waals surface area contributed by atoms with E-state index in [9.17, 15) is 0 Å². The van der Waals surface area contributed by atoms with E-state index in [1.54, 1.807) is 5.56 Å². The maximum absolute atomic E-state index is 3.47. The predicted octanol–water partition coefficient (Wildman–Crippen LogP) is 2.88. The summed E-state index contributed by atoms with van der Waals surface area (Å²) in [5.74, 6) is 0.852. The Kier molecular flexibility index (Phi) is 2.83. The summed E-state index contributed by atoms with van der Waals surface area (Å²) in [5.41, 5.74) is 4.45. The van der Waals surface area contributed by atoms with Crippen molar-refractivity contribution >= 4 is 5.69 Å². The summed E-state index contributed by atoms with van der Waals surface area (Å²) in [6.45, 7) is 8.26. The van der Waals surface area contributed by atoms with Crippen LogP contribution in [-0.2, 0) is 13.0 Å². The van der Waals surface area contributed by atoms with E-state index in [0.717, 1.165) is 25.0 Å². The second-order valence-electron chi connectivity index (χ2n) is 5.60. The topological polar surface area (TPSA) is 15.3 Å². The predicted molar refractivity (Wildman–Crippen MR) is 72.3 cm³/mol. The Morgan fingerprint density at radius 2 is 2.24 bits per heavy atom. The van der Waals surface area contributed by atoms with Crippen molar-refractivity contribution in [1.82, 2.24) is 4.90 Å². The first-order valence-electron chi connectivity index (χ1n) is 6.84. The Bertz CT molecular complexity index is 413. The molecule has 1 aromatic carbocycles. The van der Waals surface area contributed by atoms with Crippen molar-refractivity contribution in [2.24, 2.45) is 5.92 Å². The van der Waals surface area contributed by atoms with Gasteiger partial charge in [0.15, 0.2) is 0 Å². The minimum atomic E-state index is 0.736. The van der Waals surface area contributed by atoms with E-state index in [0.29, 0.717) is 0 Å². The SMILES string of the molecule is CC1[C@H](C)CCN1Cc1cccc2c1CCN2. The van der Waals surface area contributed by atoms with Crippen molar-refractivity contribution in [2.75, 3.05) is 18.4 Å². The van der Waals surface area contributed by atoms with Crippen LogP contribution in [0, 0.1) is 5.92 Å². The number of benzene rings is 1. The number of rotatable bonds is 2. The van der Waals surface area contributed by atoms with Gasteiger partial charge in [-0.2, -0.15) is 0 Å². The van der Waals surface area contributed by atoms with Crippen LogP contribution in [0.4, 0.5) is 5.69 Å². The third-order valence-electron chi connectivity index (χ3n) is 4.61. The lowest BCUT2D eigenvalue weighted by Crippen LogP contribution is -2.29. The number of hydrogen-bond donors (Lipinski definition) is 1. The third-order valence-corrected chi connectivity index (χ3v) is 4.61. The molecule has 0 aliphatic carbocycles. The van der Waals surface area contributed by atoms with Crippen molar-refractivity contribution in [3.05, 3.63) is 29.3 Å². The summed E-state index contributed by atoms with van der Waals surface area (Å²) >= 11 is 0. The summed E-state index contributed by atoms with van der Waals surface area (Å²) in [6, 6.07) is 7.44. The number of likely N-dealkylation sites (tertiary alicyclic amines) is 1. The van der Waals surface area contributed by atoms with Crippen LogP contribution in [0.1, 0.15) is 31.4 Å². The minimum absolute atomic E-state index is 0.736. The van der Waals surface area contributed by atoms with E-state index in [4.69, 9.17) is 0 Å². The molecule has 2 nitrogen and oxygen atoms in total. The zero-order chi connectivity index (χ0) is 11.8. The Morgan fingerprint density at radius 1 is 1.35 bits per heavy atom. The van der Waals surface area contributed by atoms with Crippen LogP contribution >= 0.6 is 0 Å². The molecule has 0 radical (unpaired) electrons. The normalized spacial score (nSPS) is 28.1. The molecule has 2 atom stereocenters. The van der Waals surface area contributed by atoms with Crippen LogP contribution in [-0.4, -0.2) is 24.0 Å². The standard InChI is InChI=1S/C15H22N2/c1-11-7-9-17(12(11)2)10-13-4-3-5-15-14(13)6-8-16-15/h3-5,11-12,16H,6-10H2,1-2H3/t11-,12?/m1/s1. The summed E-state index contributed by atoms with van der Waals surface area (Å²) in [7, 11) is 0. The smallest absolute Gasteiger partial charge is 0.0376 e. The van der Waals surface area contributed by atoms with E-state index in [1.165, 1.54) is 30.6 Å². The highest BCUT2D eigenvalue weighted by molar-refractivity contribution is 5.58. The number of anilines is 1. The monoisotopic (exact) mass is 230 g/mol. The molecule has 1 unspecified atom stereocenters. The Labute approximate surface area is 104 Å². The highest BCUT2D eigenvalue weighted by atomic mass is 15.2. The lowest BCUT2D eigenvalue weighted by atomic mass is 10.0. The molecule has 1 aromatic rings. The van der Waals surface area contributed by atoms with E-state index in [1.807, 2.05) is 0 Å². The summed E-state index contributed by atoms with van der Waals surface area (Å²) in [5, 5.41) is 3.47. The van der Waals surface area contributed by atoms with Crippen LogP contribution in [0.25, 0.3) is 0 Å². The molecule has 3 rings (SSSR count). The minimum Gasteiger partial charge on any atom is -0.384 e. The van der Waals surface area contributed by atoms with Gasteiger partial charge in [0.25, 0.3) is 0 Å². The largest absolute Gasteiger partial charge is 0.384 e. The van der Waals surface area contributed by atoms with Crippen molar-refractivity contribution in [3.8, 4) is 0 Å². The van der Waals surface area contributed by atoms with Gasteiger partial charge < -0.3 is 5.32 Å². The molecular formula is C15H22N2. The molecule has 0 bridgehead atoms. The molecule has 0 saturated carbocycles. The number of nitrogens with zero attached hydrogens (tertiary/aromatic N) is 1. The summed E-state index contributed by atoms with van der Waals surface area (Å²) in [6.07, 6.45) is 2.55. The van der Waals surface area contributed by atoms with E-state index in [-0.39, 0.29) is 0 Å². The molecule has 2 heterocycles. The second kappa shape index (κ2) is 4.34. The molecule has 0 spiro atoms. The molecular weight excluding hydrogens is 208 g/mol. The lowest BCUT2D eigenvalue weighted by Gasteiger charge is -2.24. The second-order valence-corrected chi connectivity index (χ2v) is 5.60. The molecule has 1 fully saturated rings. The van der Waals surface area contributed by atoms with Crippen LogP contribution in [0.5, 0.6) is 0 Å². The molecule has 92 valence electrons. The fourth-order valence-electron chi connectivity index (χ4n) is 3.18. The van der Waals surface area contributed by atoms with E-state index >= 15 is 0 Å². The number of hydrogen-bond acceptors (Lipinski definition) is 2. The van der Waals surface area contributed by atoms with E-state index in [2.05, 4.69) is 42.3 Å². The quantitative estimate of drug-likeness (QED) is 0.840. The molecule has 2 aliphatic heterocycles. The first kappa shape index (κ1) is 11.1. The zero-order valence-electron chi connectivity index (χ0n) is 10.9. The van der Waals surface area contributed by atoms with Gasteiger partial charge in [-0.05, 0) is 49.4 Å². The molecule has 1 saturated heterocycles. The third kappa shape index (κ3) is 1.95. The molecule has 2 aliphatic rings. The molecule has 2 heteroatoms. The fraction of sp³-hybridized carbons (Fsp3) is 0.600. The molecule has 17 heavy (non-hydrogen) atoms. The average molecular weight is 230 g/mol. The first-order valence-corrected chi connectivity index (χ1v) is 6.84. The van der Waals surface area contributed by atoms with Crippen LogP contribution in [0.3, 0.4) is 0 Å². The molecule has 0 aromatic heterocycles. The van der Waals surface area contributed by atoms with E-state index < -0.39 is 0 Å². The van der Waals surface area contributed by atoms with Crippen molar-refractivity contribution < 1.29 is 0 Å². The highest BCUT2D eigenvalue weighted by Crippen LogP contribution is 2.30. The van der Waals surface area contributed by atoms with Crippen LogP contribution in [0.15, 0.2) is 18.2 Å². The molecule has 0 amide bonds. The Balaban J connectivity index is 1.80. The summed E-state index contributed by atoms with van der Waals surface area (Å²) < 4.78 is 0. The lowest BCUT2D eigenvalue weighted by molar-refractivity contribution is 0.239. The van der Waals surface area contributed by atoms with Crippen molar-refractivity contribution in [2.45, 2.75) is 39.3 Å². The maximum Gasteiger partial charge on any atom is 0.0376 e. The van der Waals surface area contributed by atoms with Crippen molar-refractivity contribution in [1.29, 1.82) is 0 Å². The van der Waals surface area contributed by atoms with Gasteiger partial charge >= 0.3 is 0 Å². The number of nitrogens with one attached hydrogen (secondary N) is 1. The van der Waals surface area contributed by atoms with Gasteiger partial charge in [-0.3, -0.25) is 4.90 Å². The molecule has 1 N–H and O–H groups in total. The highest BCUT2D eigenvalue weighted by Gasteiger charge is 2.28. The van der Waals surface area contributed by atoms with Crippen LogP contribution in [0.2, 0.25) is 0 Å². The van der Waals surface area contributed by atoms with Gasteiger partial charge in [0, 0.05) is 24.8 Å². The number of fused-ring (bicyclic) bond motifs is 1. The maximum atomic E-state index is 3.47. The van der Waals surface area contributed by atoms with Crippen LogP contribution < -0.4 is 5.32 Å². The summed E-state index contributed by atoms with van der Waals surface area (Å²) in [4.78, 5) is 2.64. The fourth-order valence-corrected chi connectivity index (χ4v) is 3.18. The van der Waals surface area contributed by atoms with Gasteiger partial charge in [-0.15, -0.1) is 0 Å². The van der Waals surface area contributed by atoms with Gasteiger partial charge in [-0.25, -0.2) is 0 Å². The van der Waals surface area contributed by atoms with Crippen molar-refractivity contribution in [3.63, 3.8) is 0 Å². The Hall–Kier alpha value is -1.02. The van der Waals surface area contributed by atoms with Gasteiger partial charge in [0.1, 0.15) is 0 Å².